The molecule has 0 unspecified atom stereocenters. The van der Waals surface area contributed by atoms with E-state index in [1.54, 1.807) is 7.11 Å². The molecule has 0 radical (unpaired) electrons. The van der Waals surface area contributed by atoms with E-state index in [0.29, 0.717) is 18.1 Å². The normalized spacial score (nSPS) is 15.9. The van der Waals surface area contributed by atoms with Gasteiger partial charge in [0.2, 0.25) is 5.88 Å². The van der Waals surface area contributed by atoms with Crippen LogP contribution >= 0.6 is 0 Å². The zero-order valence-electron chi connectivity index (χ0n) is 12.8. The van der Waals surface area contributed by atoms with E-state index < -0.39 is 0 Å². The van der Waals surface area contributed by atoms with E-state index in [9.17, 15) is 4.79 Å². The summed E-state index contributed by atoms with van der Waals surface area (Å²) < 4.78 is 9.85. The molecule has 1 aliphatic heterocycles. The van der Waals surface area contributed by atoms with Crippen LogP contribution in [0.4, 0.5) is 5.82 Å². The molecule has 0 atom stereocenters. The molecule has 1 saturated heterocycles. The van der Waals surface area contributed by atoms with Gasteiger partial charge in [-0.1, -0.05) is 0 Å². The Hall–Kier alpha value is -1.89. The van der Waals surface area contributed by atoms with Gasteiger partial charge in [0.15, 0.2) is 0 Å². The Morgan fingerprint density at radius 1 is 1.24 bits per heavy atom. The van der Waals surface area contributed by atoms with Crippen molar-refractivity contribution in [1.82, 2.24) is 14.9 Å². The molecule has 7 heteroatoms. The highest BCUT2D eigenvalue weighted by Crippen LogP contribution is 2.18. The maximum atomic E-state index is 11.2. The number of methoxy groups -OCH3 is 2. The van der Waals surface area contributed by atoms with Crippen LogP contribution in [0.2, 0.25) is 0 Å². The van der Waals surface area contributed by atoms with Crippen molar-refractivity contribution in [2.24, 2.45) is 0 Å². The lowest BCUT2D eigenvalue weighted by molar-refractivity contribution is -0.141. The zero-order valence-corrected chi connectivity index (χ0v) is 12.8. The first kappa shape index (κ1) is 15.5. The molecule has 2 rings (SSSR count). The fraction of sp³-hybridized carbons (Fsp3) is 0.643. The molecule has 0 amide bonds. The molecule has 0 aliphatic carbocycles. The molecule has 0 saturated carbocycles. The summed E-state index contributed by atoms with van der Waals surface area (Å²) in [5.41, 5.74) is 0. The third-order valence-corrected chi connectivity index (χ3v) is 3.57. The second kappa shape index (κ2) is 7.21. The number of nitrogens with zero attached hydrogens (tertiary/aromatic N) is 4. The molecule has 7 nitrogen and oxygen atoms in total. The molecule has 116 valence electrons. The van der Waals surface area contributed by atoms with Gasteiger partial charge >= 0.3 is 5.97 Å². The van der Waals surface area contributed by atoms with Crippen LogP contribution < -0.4 is 9.64 Å². The van der Waals surface area contributed by atoms with Crippen LogP contribution in [-0.4, -0.2) is 67.8 Å². The van der Waals surface area contributed by atoms with Gasteiger partial charge < -0.3 is 14.4 Å². The largest absolute Gasteiger partial charge is 0.481 e. The van der Waals surface area contributed by atoms with E-state index >= 15 is 0 Å². The van der Waals surface area contributed by atoms with Crippen molar-refractivity contribution in [3.05, 3.63) is 11.9 Å². The molecule has 0 aromatic carbocycles. The third-order valence-electron chi connectivity index (χ3n) is 3.57. The van der Waals surface area contributed by atoms with Crippen LogP contribution in [0.15, 0.2) is 6.07 Å². The van der Waals surface area contributed by atoms with Crippen molar-refractivity contribution in [3.8, 4) is 5.88 Å². The highest BCUT2D eigenvalue weighted by atomic mass is 16.5. The van der Waals surface area contributed by atoms with Gasteiger partial charge in [-0.3, -0.25) is 9.69 Å². The Bertz CT molecular complexity index is 487. The van der Waals surface area contributed by atoms with E-state index in [0.717, 1.165) is 38.5 Å². The van der Waals surface area contributed by atoms with Gasteiger partial charge in [-0.25, -0.2) is 4.98 Å². The van der Waals surface area contributed by atoms with Crippen molar-refractivity contribution in [2.45, 2.75) is 13.3 Å². The van der Waals surface area contributed by atoms with E-state index in [2.05, 4.69) is 24.5 Å². The molecular formula is C14H22N4O3. The first-order chi connectivity index (χ1) is 10.1. The van der Waals surface area contributed by atoms with Crippen LogP contribution in [0.3, 0.4) is 0 Å². The van der Waals surface area contributed by atoms with Crippen LogP contribution in [0.25, 0.3) is 0 Å². The van der Waals surface area contributed by atoms with Gasteiger partial charge in [-0.2, -0.15) is 4.98 Å². The molecule has 0 bridgehead atoms. The number of carbonyl (C=O) groups excluding carboxylic acids is 1. The number of anilines is 1. The van der Waals surface area contributed by atoms with Crippen LogP contribution in [0.5, 0.6) is 5.88 Å². The maximum Gasteiger partial charge on any atom is 0.306 e. The highest BCUT2D eigenvalue weighted by Gasteiger charge is 2.19. The van der Waals surface area contributed by atoms with Crippen LogP contribution in [0.1, 0.15) is 12.2 Å². The van der Waals surface area contributed by atoms with Crippen LogP contribution in [-0.2, 0) is 9.53 Å². The zero-order chi connectivity index (χ0) is 15.2. The number of rotatable bonds is 5. The van der Waals surface area contributed by atoms with E-state index in [4.69, 9.17) is 4.74 Å². The molecule has 1 aromatic rings. The minimum absolute atomic E-state index is 0.159. The molecular weight excluding hydrogens is 272 g/mol. The van der Waals surface area contributed by atoms with Gasteiger partial charge in [-0.05, 0) is 6.92 Å². The van der Waals surface area contributed by atoms with Gasteiger partial charge in [-0.15, -0.1) is 0 Å². The molecule has 0 N–H and O–H groups in total. The summed E-state index contributed by atoms with van der Waals surface area (Å²) >= 11 is 0. The van der Waals surface area contributed by atoms with Gasteiger partial charge in [0.05, 0.1) is 20.6 Å². The summed E-state index contributed by atoms with van der Waals surface area (Å²) in [7, 11) is 3.03. The van der Waals surface area contributed by atoms with Crippen molar-refractivity contribution in [3.63, 3.8) is 0 Å². The molecule has 1 fully saturated rings. The number of hydrogen-bond acceptors (Lipinski definition) is 7. The number of hydrogen-bond donors (Lipinski definition) is 0. The minimum atomic E-state index is -0.159. The molecule has 21 heavy (non-hydrogen) atoms. The predicted octanol–water partition coefficient (Wildman–Crippen LogP) is 0.479. The minimum Gasteiger partial charge on any atom is -0.481 e. The average Bonchev–Trinajstić information content (AvgIpc) is 2.52. The van der Waals surface area contributed by atoms with E-state index in [-0.39, 0.29) is 5.97 Å². The van der Waals surface area contributed by atoms with Gasteiger partial charge in [0.1, 0.15) is 11.6 Å². The molecule has 1 aromatic heterocycles. The highest BCUT2D eigenvalue weighted by molar-refractivity contribution is 5.69. The Morgan fingerprint density at radius 3 is 2.57 bits per heavy atom. The van der Waals surface area contributed by atoms with E-state index in [1.807, 2.05) is 13.0 Å². The lowest BCUT2D eigenvalue weighted by atomic mass is 10.3. The Morgan fingerprint density at radius 2 is 1.95 bits per heavy atom. The molecule has 0 spiro atoms. The average molecular weight is 294 g/mol. The number of piperazine rings is 1. The molecule has 2 heterocycles. The molecule has 1 aliphatic rings. The van der Waals surface area contributed by atoms with Gasteiger partial charge in [0.25, 0.3) is 0 Å². The lowest BCUT2D eigenvalue weighted by Crippen LogP contribution is -2.47. The number of aromatic nitrogens is 2. The number of aryl methyl sites for hydroxylation is 1. The first-order valence-electron chi connectivity index (χ1n) is 7.06. The van der Waals surface area contributed by atoms with Crippen molar-refractivity contribution in [1.29, 1.82) is 0 Å². The Balaban J connectivity index is 1.89. The lowest BCUT2D eigenvalue weighted by Gasteiger charge is -2.35. The summed E-state index contributed by atoms with van der Waals surface area (Å²) in [6, 6.07) is 1.86. The number of esters is 1. The summed E-state index contributed by atoms with van der Waals surface area (Å²) in [6.07, 6.45) is 0.441. The van der Waals surface area contributed by atoms with Gasteiger partial charge in [0, 0.05) is 38.8 Å². The predicted molar refractivity (Wildman–Crippen MR) is 78.6 cm³/mol. The second-order valence-electron chi connectivity index (χ2n) is 4.97. The topological polar surface area (TPSA) is 67.8 Å². The third kappa shape index (κ3) is 4.29. The smallest absolute Gasteiger partial charge is 0.306 e. The monoisotopic (exact) mass is 294 g/mol. The fourth-order valence-corrected chi connectivity index (χ4v) is 2.34. The Labute approximate surface area is 124 Å². The number of ether oxygens (including phenoxy) is 2. The summed E-state index contributed by atoms with van der Waals surface area (Å²) in [6.45, 7) is 6.16. The standard InChI is InChI=1S/C14H22N4O3/c1-11-15-12(10-13(16-11)20-2)18-8-6-17(7-9-18)5-4-14(19)21-3/h10H,4-9H2,1-3H3. The fourth-order valence-electron chi connectivity index (χ4n) is 2.34. The number of carbonyl (C=O) groups is 1. The van der Waals surface area contributed by atoms with E-state index in [1.165, 1.54) is 7.11 Å². The first-order valence-corrected chi connectivity index (χ1v) is 7.06. The van der Waals surface area contributed by atoms with Crippen molar-refractivity contribution >= 4 is 11.8 Å². The van der Waals surface area contributed by atoms with Crippen LogP contribution in [0, 0.1) is 6.92 Å². The van der Waals surface area contributed by atoms with Crippen molar-refractivity contribution in [2.75, 3.05) is 51.8 Å². The summed E-state index contributed by atoms with van der Waals surface area (Å²) in [4.78, 5) is 24.3. The maximum absolute atomic E-state index is 11.2. The SMILES string of the molecule is COC(=O)CCN1CCN(c2cc(OC)nc(C)n2)CC1. The summed E-state index contributed by atoms with van der Waals surface area (Å²) in [5, 5.41) is 0. The summed E-state index contributed by atoms with van der Waals surface area (Å²) in [5.74, 6) is 2.03. The van der Waals surface area contributed by atoms with Crippen molar-refractivity contribution < 1.29 is 14.3 Å². The second-order valence-corrected chi connectivity index (χ2v) is 4.97. The Kier molecular flexibility index (Phi) is 5.32. The quantitative estimate of drug-likeness (QED) is 0.732.